The predicted molar refractivity (Wildman–Crippen MR) is 354 cm³/mol. The van der Waals surface area contributed by atoms with Crippen molar-refractivity contribution in [2.75, 3.05) is 72.7 Å². The van der Waals surface area contributed by atoms with Crippen LogP contribution in [0.3, 0.4) is 0 Å². The molecule has 51 heteroatoms. The lowest BCUT2D eigenvalue weighted by Gasteiger charge is -2.51. The molecular formula is C64H108N4O47. The molecule has 9 aliphatic heterocycles. The van der Waals surface area contributed by atoms with Gasteiger partial charge in [-0.15, -0.1) is 0 Å². The fraction of sp³-hybridized carbons (Fsp3) is 0.938. The number of hydrogen-bond acceptors (Lipinski definition) is 47. The van der Waals surface area contributed by atoms with Gasteiger partial charge in [0, 0.05) is 34.1 Å². The number of rotatable bonds is 32. The number of hydrogen-bond donors (Lipinski definition) is 29. The van der Waals surface area contributed by atoms with Crippen molar-refractivity contribution >= 4 is 23.6 Å². The highest BCUT2D eigenvalue weighted by atomic mass is 16.8. The number of ether oxygens (including phenoxy) is 18. The average Bonchev–Trinajstić information content (AvgIpc) is 0.775. The van der Waals surface area contributed by atoms with E-state index >= 15 is 0 Å². The quantitative estimate of drug-likeness (QED) is 0.0278. The Morgan fingerprint density at radius 1 is 0.304 bits per heavy atom. The fourth-order valence-electron chi connectivity index (χ4n) is 14.8. The second-order valence-corrected chi connectivity index (χ2v) is 28.9. The number of aliphatic hydroxyl groups excluding tert-OH is 24. The lowest BCUT2D eigenvalue weighted by Crippen LogP contribution is -2.70. The lowest BCUT2D eigenvalue weighted by atomic mass is 9.94. The molecule has 9 saturated heterocycles. The SMILES string of the molecule is CC(=O)NC1C(O)[C@H](O[C@@H]2OC(CO)[C@H](O)C(O)C2O)C(CO)O[C@H]1OC1C(O)[C@H](O[C@@H]2C(CO)O[C@@H](OC3C(O)[C@H](O)C(CO[C@@H]4OC(CO)[C@@H](O[C@@H]5OC(CO)[C@H](O)C(O[C@@H]6OC(CO)[C@@H](O[C@@H]7OC(CO)[C@H](O)C(O)C7O)C(O)C6NC(C)=O)C5O)CC4(O)NC(C)=O)O[C@@H]3OCCO)C(NC(C)=O)C2O)OC(CO)[C@@H]1O. The zero-order chi connectivity index (χ0) is 84.7. The van der Waals surface area contributed by atoms with Crippen LogP contribution in [-0.4, -0.2) is 494 Å². The van der Waals surface area contributed by atoms with Crippen LogP contribution in [0.2, 0.25) is 0 Å². The monoisotopic (exact) mass is 1680 g/mol. The Morgan fingerprint density at radius 2 is 0.617 bits per heavy atom. The van der Waals surface area contributed by atoms with Crippen molar-refractivity contribution in [1.82, 2.24) is 21.3 Å². The maximum absolute atomic E-state index is 12.9. The van der Waals surface area contributed by atoms with Gasteiger partial charge >= 0.3 is 0 Å². The van der Waals surface area contributed by atoms with Crippen LogP contribution in [0, 0.1) is 0 Å². The smallest absolute Gasteiger partial charge is 0.219 e. The normalized spacial score (nSPS) is 48.0. The van der Waals surface area contributed by atoms with Gasteiger partial charge in [0.2, 0.25) is 29.9 Å². The molecule has 0 saturated carbocycles. The van der Waals surface area contributed by atoms with Crippen LogP contribution in [0.1, 0.15) is 34.1 Å². The van der Waals surface area contributed by atoms with Crippen molar-refractivity contribution in [1.29, 1.82) is 0 Å². The second-order valence-electron chi connectivity index (χ2n) is 28.9. The van der Waals surface area contributed by atoms with Gasteiger partial charge in [-0.2, -0.15) is 0 Å². The zero-order valence-corrected chi connectivity index (χ0v) is 62.0. The molecule has 9 aliphatic rings. The van der Waals surface area contributed by atoms with Gasteiger partial charge in [-0.1, -0.05) is 0 Å². The summed E-state index contributed by atoms with van der Waals surface area (Å²) >= 11 is 0. The number of nitrogens with one attached hydrogen (secondary N) is 4. The van der Waals surface area contributed by atoms with Gasteiger partial charge in [-0.25, -0.2) is 0 Å². The van der Waals surface area contributed by atoms with E-state index in [-0.39, 0.29) is 0 Å². The van der Waals surface area contributed by atoms with Crippen LogP contribution in [0.5, 0.6) is 0 Å². The third-order valence-corrected chi connectivity index (χ3v) is 20.7. The van der Waals surface area contributed by atoms with Crippen molar-refractivity contribution in [3.05, 3.63) is 0 Å². The van der Waals surface area contributed by atoms with Crippen molar-refractivity contribution in [2.24, 2.45) is 0 Å². The van der Waals surface area contributed by atoms with Gasteiger partial charge in [0.1, 0.15) is 201 Å². The Balaban J connectivity index is 0.866. The van der Waals surface area contributed by atoms with Crippen LogP contribution >= 0.6 is 0 Å². The van der Waals surface area contributed by atoms with E-state index in [9.17, 15) is 147 Å². The Kier molecular flexibility index (Phi) is 34.6. The first-order valence-corrected chi connectivity index (χ1v) is 36.7. The van der Waals surface area contributed by atoms with Crippen molar-refractivity contribution in [2.45, 2.75) is 304 Å². The Hall–Kier alpha value is -3.84. The van der Waals surface area contributed by atoms with Gasteiger partial charge in [0.15, 0.2) is 56.0 Å². The average molecular weight is 1690 g/mol. The minimum absolute atomic E-state index is 0.620. The summed E-state index contributed by atoms with van der Waals surface area (Å²) in [7, 11) is 0. The minimum atomic E-state index is -2.78. The minimum Gasteiger partial charge on any atom is -0.394 e. The van der Waals surface area contributed by atoms with Crippen LogP contribution in [0.15, 0.2) is 0 Å². The summed E-state index contributed by atoms with van der Waals surface area (Å²) in [5.74, 6) is -3.62. The lowest BCUT2D eigenvalue weighted by molar-refractivity contribution is -0.388. The van der Waals surface area contributed by atoms with E-state index in [0.29, 0.717) is 0 Å². The summed E-state index contributed by atoms with van der Waals surface area (Å²) in [5.41, 5.74) is -2.78. The highest BCUT2D eigenvalue weighted by molar-refractivity contribution is 5.74. The van der Waals surface area contributed by atoms with Crippen LogP contribution in [0.25, 0.3) is 0 Å². The molecule has 9 heterocycles. The zero-order valence-electron chi connectivity index (χ0n) is 62.0. The van der Waals surface area contributed by atoms with Gasteiger partial charge in [0.05, 0.1) is 78.8 Å². The molecular weight excluding hydrogens is 1580 g/mol. The molecule has 4 amide bonds. The first-order chi connectivity index (χ1) is 54.5. The number of carbonyl (C=O) groups excluding carboxylic acids is 4. The summed E-state index contributed by atoms with van der Waals surface area (Å²) in [6.45, 7) is -6.64. The molecule has 51 nitrogen and oxygen atoms in total. The molecule has 29 N–H and O–H groups in total. The maximum atomic E-state index is 12.9. The Bertz CT molecular complexity index is 3040. The molecule has 9 fully saturated rings. The van der Waals surface area contributed by atoms with E-state index in [4.69, 9.17) is 85.3 Å². The Morgan fingerprint density at radius 3 is 0.965 bits per heavy atom. The van der Waals surface area contributed by atoms with Crippen molar-refractivity contribution in [3.8, 4) is 0 Å². The van der Waals surface area contributed by atoms with Crippen molar-refractivity contribution in [3.63, 3.8) is 0 Å². The first-order valence-electron chi connectivity index (χ1n) is 36.7. The van der Waals surface area contributed by atoms with Crippen LogP contribution in [-0.2, 0) is 104 Å². The van der Waals surface area contributed by atoms with E-state index in [2.05, 4.69) is 21.3 Å². The van der Waals surface area contributed by atoms with E-state index in [1.807, 2.05) is 0 Å². The summed E-state index contributed by atoms with van der Waals surface area (Å²) in [6, 6.07) is -5.46. The number of carbonyl (C=O) groups is 4. The molecule has 44 atom stereocenters. The van der Waals surface area contributed by atoms with E-state index in [1.165, 1.54) is 0 Å². The highest BCUT2D eigenvalue weighted by Crippen LogP contribution is 2.41. The number of amides is 4. The molecule has 0 aliphatic carbocycles. The first kappa shape index (κ1) is 95.0. The van der Waals surface area contributed by atoms with Gasteiger partial charge < -0.3 is 234 Å². The maximum Gasteiger partial charge on any atom is 0.219 e. The standard InChI is InChI=1S/C64H108N4O47/c1-17(78)65-31-39(87)49(110-58-45(93)42(90)34(82)23(9-71)101-58)27(13-75)105-55(31)113-52-37(85)25(11-73)103-60(47(52)95)100-21-7-64(97,68-20(4)81)63(109-22(21)8-70)99-16-30-36(84)44(92)54(62(108-30)98-6-5-69)115-57-33(67-19(3)80)41(89)51(29(15-77)107-57)112-61-48(96)53(38(86)26(12-74)104-61)114-56-32(66-18(2)79)40(88)50(28(14-76)106-56)111-59-46(94)43(91)35(83)24(10-72)102-59/h21-63,69-77,82-97H,5-16H2,1-4H3,(H,65,78)(H,66,79)(H,67,80)(H,68,81)/t21-,22?,23?,24?,25?,26?,27?,28?,29?,30?,31?,32?,33?,34-,35-,36+,37-,38-,39?,40?,41?,42?,43?,44?,45?,46?,47?,48?,49+,50+,51+,52?,53?,54?,55-,56-,57-,58-,59-,60+,61-,62-,63+,64?/m0/s1. The number of aliphatic hydroxyl groups is 25. The molecule has 0 aromatic carbocycles. The summed E-state index contributed by atoms with van der Waals surface area (Å²) in [4.78, 5) is 51.1. The van der Waals surface area contributed by atoms with E-state index in [0.717, 1.165) is 27.7 Å². The molecule has 0 aromatic heterocycles. The second kappa shape index (κ2) is 41.8. The van der Waals surface area contributed by atoms with Gasteiger partial charge in [0.25, 0.3) is 0 Å². The molecule has 0 aromatic rings. The third kappa shape index (κ3) is 21.4. The molecule has 26 unspecified atom stereocenters. The molecule has 115 heavy (non-hydrogen) atoms. The van der Waals surface area contributed by atoms with Crippen LogP contribution in [0.4, 0.5) is 0 Å². The van der Waals surface area contributed by atoms with Crippen LogP contribution < -0.4 is 21.3 Å². The molecule has 0 radical (unpaired) electrons. The van der Waals surface area contributed by atoms with Gasteiger partial charge in [-0.3, -0.25) is 19.2 Å². The molecule has 9 rings (SSSR count). The van der Waals surface area contributed by atoms with Gasteiger partial charge in [-0.05, 0) is 0 Å². The highest BCUT2D eigenvalue weighted by Gasteiger charge is 2.61. The largest absolute Gasteiger partial charge is 0.394 e. The third-order valence-electron chi connectivity index (χ3n) is 20.7. The molecule has 666 valence electrons. The summed E-state index contributed by atoms with van der Waals surface area (Å²) in [6.07, 6.45) is -78.8. The van der Waals surface area contributed by atoms with E-state index < -0.39 is 372 Å². The topological polar surface area (TPSA) is 788 Å². The predicted octanol–water partition coefficient (Wildman–Crippen LogP) is -19.7. The summed E-state index contributed by atoms with van der Waals surface area (Å²) in [5, 5.41) is 283. The fourth-order valence-corrected chi connectivity index (χ4v) is 14.8. The molecule has 0 bridgehead atoms. The van der Waals surface area contributed by atoms with Crippen molar-refractivity contribution < 1.29 is 232 Å². The summed E-state index contributed by atoms with van der Waals surface area (Å²) < 4.78 is 105. The van der Waals surface area contributed by atoms with E-state index in [1.54, 1.807) is 0 Å². The Labute approximate surface area is 651 Å². The molecule has 0 spiro atoms.